The molecule has 0 radical (unpaired) electrons. The van der Waals surface area contributed by atoms with Crippen LogP contribution < -0.4 is 4.74 Å². The minimum Gasteiger partial charge on any atom is -0.476 e. The molecule has 0 aliphatic carbocycles. The highest BCUT2D eigenvalue weighted by Crippen LogP contribution is 2.11. The van der Waals surface area contributed by atoms with E-state index in [0.717, 1.165) is 6.54 Å². The van der Waals surface area contributed by atoms with Gasteiger partial charge in [-0.2, -0.15) is 0 Å². The van der Waals surface area contributed by atoms with Crippen LogP contribution in [0.3, 0.4) is 0 Å². The van der Waals surface area contributed by atoms with Crippen molar-refractivity contribution < 1.29 is 4.74 Å². The second-order valence-electron chi connectivity index (χ2n) is 3.58. The summed E-state index contributed by atoms with van der Waals surface area (Å²) in [7, 11) is 0. The van der Waals surface area contributed by atoms with E-state index in [4.69, 9.17) is 16.3 Å². The summed E-state index contributed by atoms with van der Waals surface area (Å²) >= 11 is 5.71. The molecule has 1 fully saturated rings. The van der Waals surface area contributed by atoms with Gasteiger partial charge in [0, 0.05) is 12.6 Å². The van der Waals surface area contributed by atoms with Crippen LogP contribution in [0.5, 0.6) is 5.88 Å². The molecule has 0 bridgehead atoms. The zero-order valence-electron chi connectivity index (χ0n) is 8.53. The minimum absolute atomic E-state index is 0.418. The second kappa shape index (κ2) is 5.28. The van der Waals surface area contributed by atoms with Gasteiger partial charge >= 0.3 is 0 Å². The van der Waals surface area contributed by atoms with E-state index in [2.05, 4.69) is 14.9 Å². The second-order valence-corrected chi connectivity index (χ2v) is 3.96. The highest BCUT2D eigenvalue weighted by atomic mass is 35.5. The highest BCUT2D eigenvalue weighted by molar-refractivity contribution is 6.29. The quantitative estimate of drug-likeness (QED) is 0.733. The minimum atomic E-state index is 0.418. The fourth-order valence-electron chi connectivity index (χ4n) is 1.68. The molecule has 1 aromatic rings. The summed E-state index contributed by atoms with van der Waals surface area (Å²) in [5.74, 6) is 0.550. The van der Waals surface area contributed by atoms with Gasteiger partial charge < -0.3 is 4.74 Å². The Bertz CT molecular complexity index is 315. The van der Waals surface area contributed by atoms with Crippen LogP contribution in [-0.2, 0) is 0 Å². The first-order valence-electron chi connectivity index (χ1n) is 5.17. The third-order valence-electron chi connectivity index (χ3n) is 2.46. The summed E-state index contributed by atoms with van der Waals surface area (Å²) in [4.78, 5) is 10.1. The third-order valence-corrected chi connectivity index (χ3v) is 2.67. The number of hydrogen-bond acceptors (Lipinski definition) is 4. The number of ether oxygens (including phenoxy) is 1. The molecule has 1 aliphatic heterocycles. The number of likely N-dealkylation sites (tertiary alicyclic amines) is 1. The first-order valence-corrected chi connectivity index (χ1v) is 5.55. The van der Waals surface area contributed by atoms with Crippen LogP contribution >= 0.6 is 11.6 Å². The molecule has 2 heterocycles. The molecule has 0 amide bonds. The van der Waals surface area contributed by atoms with Gasteiger partial charge in [0.1, 0.15) is 18.1 Å². The molecule has 5 heteroatoms. The van der Waals surface area contributed by atoms with Crippen molar-refractivity contribution in [1.82, 2.24) is 14.9 Å². The Kier molecular flexibility index (Phi) is 3.75. The molecule has 1 saturated heterocycles. The zero-order valence-corrected chi connectivity index (χ0v) is 9.28. The standard InChI is InChI=1S/C10H14ClN3O/c11-9-7-10(13-8-12-9)15-6-5-14-3-1-2-4-14/h7-8H,1-6H2. The van der Waals surface area contributed by atoms with Gasteiger partial charge in [-0.25, -0.2) is 9.97 Å². The Hall–Kier alpha value is -0.870. The van der Waals surface area contributed by atoms with Gasteiger partial charge in [0.05, 0.1) is 0 Å². The summed E-state index contributed by atoms with van der Waals surface area (Å²) in [6, 6.07) is 1.63. The molecule has 15 heavy (non-hydrogen) atoms. The van der Waals surface area contributed by atoms with Gasteiger partial charge in [-0.15, -0.1) is 0 Å². The van der Waals surface area contributed by atoms with E-state index < -0.39 is 0 Å². The largest absolute Gasteiger partial charge is 0.476 e. The maximum atomic E-state index is 5.71. The van der Waals surface area contributed by atoms with Gasteiger partial charge in [-0.05, 0) is 25.9 Å². The number of aromatic nitrogens is 2. The lowest BCUT2D eigenvalue weighted by molar-refractivity contribution is 0.231. The molecule has 0 aromatic carbocycles. The SMILES string of the molecule is Clc1cc(OCCN2CCCC2)ncn1. The van der Waals surface area contributed by atoms with Crippen molar-refractivity contribution in [3.8, 4) is 5.88 Å². The van der Waals surface area contributed by atoms with Crippen LogP contribution in [0.2, 0.25) is 5.15 Å². The summed E-state index contributed by atoms with van der Waals surface area (Å²) in [5.41, 5.74) is 0. The molecule has 82 valence electrons. The molecule has 0 spiro atoms. The molecule has 2 rings (SSSR count). The number of nitrogens with zero attached hydrogens (tertiary/aromatic N) is 3. The average Bonchev–Trinajstić information content (AvgIpc) is 2.71. The normalized spacial score (nSPS) is 16.9. The van der Waals surface area contributed by atoms with Crippen molar-refractivity contribution in [2.75, 3.05) is 26.2 Å². The van der Waals surface area contributed by atoms with Gasteiger partial charge in [0.2, 0.25) is 5.88 Å². The van der Waals surface area contributed by atoms with Gasteiger partial charge in [-0.1, -0.05) is 11.6 Å². The highest BCUT2D eigenvalue weighted by Gasteiger charge is 2.10. The average molecular weight is 228 g/mol. The van der Waals surface area contributed by atoms with Crippen LogP contribution in [0.15, 0.2) is 12.4 Å². The summed E-state index contributed by atoms with van der Waals surface area (Å²) in [5, 5.41) is 0.418. The van der Waals surface area contributed by atoms with E-state index in [1.807, 2.05) is 0 Å². The number of hydrogen-bond donors (Lipinski definition) is 0. The van der Waals surface area contributed by atoms with Crippen molar-refractivity contribution >= 4 is 11.6 Å². The van der Waals surface area contributed by atoms with Crippen LogP contribution in [0.4, 0.5) is 0 Å². The molecule has 4 nitrogen and oxygen atoms in total. The van der Waals surface area contributed by atoms with E-state index in [1.165, 1.54) is 32.3 Å². The molecule has 0 N–H and O–H groups in total. The molecule has 0 saturated carbocycles. The summed E-state index contributed by atoms with van der Waals surface area (Å²) in [6.45, 7) is 4.00. The van der Waals surface area contributed by atoms with E-state index in [-0.39, 0.29) is 0 Å². The molecular weight excluding hydrogens is 214 g/mol. The van der Waals surface area contributed by atoms with Crippen LogP contribution in [0, 0.1) is 0 Å². The lowest BCUT2D eigenvalue weighted by Gasteiger charge is -2.14. The number of halogens is 1. The Labute approximate surface area is 94.2 Å². The molecular formula is C10H14ClN3O. The first-order chi connectivity index (χ1) is 7.34. The Morgan fingerprint density at radius 2 is 2.13 bits per heavy atom. The van der Waals surface area contributed by atoms with Crippen molar-refractivity contribution in [2.24, 2.45) is 0 Å². The predicted octanol–water partition coefficient (Wildman–Crippen LogP) is 1.60. The maximum Gasteiger partial charge on any atom is 0.217 e. The van der Waals surface area contributed by atoms with E-state index >= 15 is 0 Å². The van der Waals surface area contributed by atoms with Crippen molar-refractivity contribution in [2.45, 2.75) is 12.8 Å². The molecule has 0 atom stereocenters. The van der Waals surface area contributed by atoms with Gasteiger partial charge in [0.15, 0.2) is 0 Å². The fourth-order valence-corrected chi connectivity index (χ4v) is 1.82. The zero-order chi connectivity index (χ0) is 10.5. The van der Waals surface area contributed by atoms with Crippen molar-refractivity contribution in [3.63, 3.8) is 0 Å². The third kappa shape index (κ3) is 3.32. The van der Waals surface area contributed by atoms with E-state index in [9.17, 15) is 0 Å². The monoisotopic (exact) mass is 227 g/mol. The van der Waals surface area contributed by atoms with Crippen LogP contribution in [0.1, 0.15) is 12.8 Å². The predicted molar refractivity (Wildman–Crippen MR) is 58.2 cm³/mol. The Morgan fingerprint density at radius 1 is 1.33 bits per heavy atom. The lowest BCUT2D eigenvalue weighted by atomic mass is 10.4. The first kappa shape index (κ1) is 10.6. The van der Waals surface area contributed by atoms with Gasteiger partial charge in [-0.3, -0.25) is 4.90 Å². The van der Waals surface area contributed by atoms with Crippen molar-refractivity contribution in [3.05, 3.63) is 17.5 Å². The smallest absolute Gasteiger partial charge is 0.217 e. The van der Waals surface area contributed by atoms with Crippen LogP contribution in [-0.4, -0.2) is 41.1 Å². The summed E-state index contributed by atoms with van der Waals surface area (Å²) < 4.78 is 5.47. The van der Waals surface area contributed by atoms with Gasteiger partial charge in [0.25, 0.3) is 0 Å². The van der Waals surface area contributed by atoms with Crippen molar-refractivity contribution in [1.29, 1.82) is 0 Å². The van der Waals surface area contributed by atoms with Crippen LogP contribution in [0.25, 0.3) is 0 Å². The Morgan fingerprint density at radius 3 is 2.87 bits per heavy atom. The molecule has 0 unspecified atom stereocenters. The fraction of sp³-hybridized carbons (Fsp3) is 0.600. The molecule has 1 aliphatic rings. The Balaban J connectivity index is 1.73. The summed E-state index contributed by atoms with van der Waals surface area (Å²) in [6.07, 6.45) is 4.02. The topological polar surface area (TPSA) is 38.2 Å². The van der Waals surface area contributed by atoms with E-state index in [1.54, 1.807) is 6.07 Å². The van der Waals surface area contributed by atoms with E-state index in [0.29, 0.717) is 17.6 Å². The number of rotatable bonds is 4. The molecule has 1 aromatic heterocycles. The maximum absolute atomic E-state index is 5.71. The lowest BCUT2D eigenvalue weighted by Crippen LogP contribution is -2.25.